The van der Waals surface area contributed by atoms with Crippen LogP contribution in [-0.4, -0.2) is 29.2 Å². The van der Waals surface area contributed by atoms with Crippen LogP contribution in [-0.2, 0) is 28.7 Å². The molecule has 6 heteroatoms. The van der Waals surface area contributed by atoms with Crippen molar-refractivity contribution in [3.8, 4) is 0 Å². The van der Waals surface area contributed by atoms with Crippen LogP contribution in [0.25, 0.3) is 0 Å². The number of aryl methyl sites for hydroxylation is 2. The molecule has 0 amide bonds. The highest BCUT2D eigenvalue weighted by Gasteiger charge is 2.28. The standard InChI is InChI=1S/C15H19N3O2S/c1-11-3-4-12(2)13(7-11)9-21(19,20)18-6-5-14-15(8-18)17-10-16-14/h3-4,7,10H,5-6,8-9H2,1-2H3,(H,16,17). The Hall–Kier alpha value is -1.66. The maximum absolute atomic E-state index is 12.6. The molecule has 1 aliphatic rings. The van der Waals surface area contributed by atoms with Gasteiger partial charge in [-0.3, -0.25) is 0 Å². The summed E-state index contributed by atoms with van der Waals surface area (Å²) in [4.78, 5) is 7.23. The number of sulfonamides is 1. The number of nitrogens with one attached hydrogen (secondary N) is 1. The summed E-state index contributed by atoms with van der Waals surface area (Å²) >= 11 is 0. The fourth-order valence-electron chi connectivity index (χ4n) is 2.67. The zero-order valence-electron chi connectivity index (χ0n) is 12.3. The zero-order chi connectivity index (χ0) is 15.0. The summed E-state index contributed by atoms with van der Waals surface area (Å²) in [5.74, 6) is 0.0595. The molecule has 0 bridgehead atoms. The minimum atomic E-state index is -3.31. The number of fused-ring (bicyclic) bond motifs is 1. The summed E-state index contributed by atoms with van der Waals surface area (Å²) in [7, 11) is -3.31. The molecule has 1 N–H and O–H groups in total. The van der Waals surface area contributed by atoms with Crippen LogP contribution in [0.15, 0.2) is 24.5 Å². The van der Waals surface area contributed by atoms with Crippen molar-refractivity contribution in [1.82, 2.24) is 14.3 Å². The van der Waals surface area contributed by atoms with E-state index >= 15 is 0 Å². The van der Waals surface area contributed by atoms with Gasteiger partial charge in [0.2, 0.25) is 10.0 Å². The molecule has 2 heterocycles. The number of nitrogens with zero attached hydrogens (tertiary/aromatic N) is 2. The molecular formula is C15H19N3O2S. The highest BCUT2D eigenvalue weighted by Crippen LogP contribution is 2.22. The van der Waals surface area contributed by atoms with Gasteiger partial charge in [0.15, 0.2) is 0 Å². The van der Waals surface area contributed by atoms with Gasteiger partial charge in [0.25, 0.3) is 0 Å². The van der Waals surface area contributed by atoms with Crippen molar-refractivity contribution < 1.29 is 8.42 Å². The number of H-pyrrole nitrogens is 1. The Bertz CT molecular complexity index is 765. The lowest BCUT2D eigenvalue weighted by atomic mass is 10.1. The van der Waals surface area contributed by atoms with Crippen LogP contribution in [0.4, 0.5) is 0 Å². The summed E-state index contributed by atoms with van der Waals surface area (Å²) in [5.41, 5.74) is 4.87. The molecule has 0 saturated heterocycles. The Morgan fingerprint density at radius 3 is 2.95 bits per heavy atom. The summed E-state index contributed by atoms with van der Waals surface area (Å²) < 4.78 is 26.8. The third-order valence-electron chi connectivity index (χ3n) is 3.98. The van der Waals surface area contributed by atoms with Crippen molar-refractivity contribution in [2.45, 2.75) is 32.6 Å². The van der Waals surface area contributed by atoms with Crippen LogP contribution in [0.1, 0.15) is 28.1 Å². The smallest absolute Gasteiger partial charge is 0.218 e. The van der Waals surface area contributed by atoms with E-state index in [4.69, 9.17) is 0 Å². The summed E-state index contributed by atoms with van der Waals surface area (Å²) in [6.45, 7) is 4.83. The molecule has 3 rings (SSSR count). The Labute approximate surface area is 125 Å². The lowest BCUT2D eigenvalue weighted by Gasteiger charge is -2.25. The summed E-state index contributed by atoms with van der Waals surface area (Å²) in [6.07, 6.45) is 2.30. The lowest BCUT2D eigenvalue weighted by molar-refractivity contribution is 0.385. The van der Waals surface area contributed by atoms with Gasteiger partial charge < -0.3 is 4.98 Å². The molecule has 21 heavy (non-hydrogen) atoms. The molecule has 1 aliphatic heterocycles. The number of hydrogen-bond donors (Lipinski definition) is 1. The van der Waals surface area contributed by atoms with Gasteiger partial charge in [-0.25, -0.2) is 13.4 Å². The highest BCUT2D eigenvalue weighted by molar-refractivity contribution is 7.88. The Morgan fingerprint density at radius 2 is 2.14 bits per heavy atom. The van der Waals surface area contributed by atoms with E-state index in [2.05, 4.69) is 9.97 Å². The fraction of sp³-hybridized carbons (Fsp3) is 0.400. The molecule has 5 nitrogen and oxygen atoms in total. The van der Waals surface area contributed by atoms with Crippen molar-refractivity contribution in [2.24, 2.45) is 0 Å². The van der Waals surface area contributed by atoms with E-state index in [0.717, 1.165) is 28.1 Å². The predicted octanol–water partition coefficient (Wildman–Crippen LogP) is 1.91. The average molecular weight is 305 g/mol. The van der Waals surface area contributed by atoms with Crippen LogP contribution >= 0.6 is 0 Å². The molecule has 1 aromatic carbocycles. The minimum absolute atomic E-state index is 0.0595. The molecule has 1 aromatic heterocycles. The number of benzene rings is 1. The second-order valence-corrected chi connectivity index (χ2v) is 7.57. The third kappa shape index (κ3) is 2.87. The first-order chi connectivity index (χ1) is 9.95. The van der Waals surface area contributed by atoms with Gasteiger partial charge in [0.05, 0.1) is 30.0 Å². The van der Waals surface area contributed by atoms with Crippen LogP contribution in [0.5, 0.6) is 0 Å². The number of hydrogen-bond acceptors (Lipinski definition) is 3. The van der Waals surface area contributed by atoms with E-state index in [1.54, 1.807) is 10.6 Å². The molecule has 0 fully saturated rings. The second-order valence-electron chi connectivity index (χ2n) is 5.60. The van der Waals surface area contributed by atoms with Crippen LogP contribution in [0.2, 0.25) is 0 Å². The Morgan fingerprint density at radius 1 is 1.33 bits per heavy atom. The molecule has 2 aromatic rings. The maximum Gasteiger partial charge on any atom is 0.218 e. The van der Waals surface area contributed by atoms with Gasteiger partial charge in [0.1, 0.15) is 0 Å². The van der Waals surface area contributed by atoms with Crippen LogP contribution in [0.3, 0.4) is 0 Å². The highest BCUT2D eigenvalue weighted by atomic mass is 32.2. The summed E-state index contributed by atoms with van der Waals surface area (Å²) in [5, 5.41) is 0. The van der Waals surface area contributed by atoms with Gasteiger partial charge in [0, 0.05) is 13.0 Å². The van der Waals surface area contributed by atoms with Gasteiger partial charge in [-0.05, 0) is 25.0 Å². The molecule has 0 radical (unpaired) electrons. The van der Waals surface area contributed by atoms with E-state index < -0.39 is 10.0 Å². The summed E-state index contributed by atoms with van der Waals surface area (Å²) in [6, 6.07) is 5.94. The number of aromatic nitrogens is 2. The molecule has 0 atom stereocenters. The van der Waals surface area contributed by atoms with E-state index in [-0.39, 0.29) is 5.75 Å². The van der Waals surface area contributed by atoms with Crippen molar-refractivity contribution in [2.75, 3.05) is 6.54 Å². The molecule has 0 unspecified atom stereocenters. The van der Waals surface area contributed by atoms with Crippen molar-refractivity contribution in [3.63, 3.8) is 0 Å². The second kappa shape index (κ2) is 5.27. The molecule has 0 aliphatic carbocycles. The quantitative estimate of drug-likeness (QED) is 0.942. The number of aromatic amines is 1. The third-order valence-corrected chi connectivity index (χ3v) is 5.75. The van der Waals surface area contributed by atoms with E-state index in [9.17, 15) is 8.42 Å². The largest absolute Gasteiger partial charge is 0.347 e. The van der Waals surface area contributed by atoms with E-state index in [1.165, 1.54) is 0 Å². The van der Waals surface area contributed by atoms with Crippen molar-refractivity contribution >= 4 is 10.0 Å². The number of rotatable bonds is 3. The SMILES string of the molecule is Cc1ccc(C)c(CS(=O)(=O)N2CCc3nc[nH]c3C2)c1. The van der Waals surface area contributed by atoms with E-state index in [1.807, 2.05) is 32.0 Å². The first kappa shape index (κ1) is 14.3. The average Bonchev–Trinajstić information content (AvgIpc) is 2.90. The molecule has 0 saturated carbocycles. The fourth-order valence-corrected chi connectivity index (χ4v) is 4.25. The Kier molecular flexibility index (Phi) is 3.59. The van der Waals surface area contributed by atoms with Crippen molar-refractivity contribution in [3.05, 3.63) is 52.6 Å². The van der Waals surface area contributed by atoms with E-state index in [0.29, 0.717) is 19.5 Å². The Balaban J connectivity index is 1.83. The van der Waals surface area contributed by atoms with Crippen molar-refractivity contribution in [1.29, 1.82) is 0 Å². The minimum Gasteiger partial charge on any atom is -0.347 e. The first-order valence-electron chi connectivity index (χ1n) is 7.01. The topological polar surface area (TPSA) is 66.1 Å². The van der Waals surface area contributed by atoms with Gasteiger partial charge in [-0.15, -0.1) is 0 Å². The van der Waals surface area contributed by atoms with Crippen LogP contribution < -0.4 is 0 Å². The van der Waals surface area contributed by atoms with Gasteiger partial charge >= 0.3 is 0 Å². The normalized spacial score (nSPS) is 15.9. The predicted molar refractivity (Wildman–Crippen MR) is 81.2 cm³/mol. The molecular weight excluding hydrogens is 286 g/mol. The van der Waals surface area contributed by atoms with Gasteiger partial charge in [-0.2, -0.15) is 4.31 Å². The maximum atomic E-state index is 12.6. The first-order valence-corrected chi connectivity index (χ1v) is 8.62. The monoisotopic (exact) mass is 305 g/mol. The molecule has 0 spiro atoms. The van der Waals surface area contributed by atoms with Crippen LogP contribution in [0, 0.1) is 13.8 Å². The van der Waals surface area contributed by atoms with Gasteiger partial charge in [-0.1, -0.05) is 23.8 Å². The number of imidazole rings is 1. The lowest BCUT2D eigenvalue weighted by Crippen LogP contribution is -2.36. The molecule has 112 valence electrons. The zero-order valence-corrected chi connectivity index (χ0v) is 13.1.